The minimum Gasteiger partial charge on any atom is -0.325 e. The van der Waals surface area contributed by atoms with Crippen molar-refractivity contribution in [2.75, 3.05) is 5.32 Å². The fourth-order valence-electron chi connectivity index (χ4n) is 4.94. The predicted octanol–water partition coefficient (Wildman–Crippen LogP) is 6.84. The van der Waals surface area contributed by atoms with Crippen LogP contribution in [0.25, 0.3) is 16.6 Å². The van der Waals surface area contributed by atoms with E-state index >= 15 is 0 Å². The quantitative estimate of drug-likeness (QED) is 0.195. The van der Waals surface area contributed by atoms with Gasteiger partial charge in [-0.05, 0) is 68.1 Å². The maximum absolute atomic E-state index is 13.6. The van der Waals surface area contributed by atoms with Crippen molar-refractivity contribution >= 4 is 22.9 Å². The topological polar surface area (TPSA) is 68.4 Å². The molecule has 0 aliphatic carbocycles. The number of nitrogens with one attached hydrogen (secondary N) is 1. The van der Waals surface area contributed by atoms with Gasteiger partial charge in [0.15, 0.2) is 0 Å². The molecule has 3 aromatic heterocycles. The number of amides is 1. The minimum absolute atomic E-state index is 0.327. The van der Waals surface area contributed by atoms with Gasteiger partial charge in [-0.15, -0.1) is 0 Å². The summed E-state index contributed by atoms with van der Waals surface area (Å²) in [6, 6.07) is 24.9. The largest absolute Gasteiger partial charge is 0.325 e. The Balaban J connectivity index is 1.46. The van der Waals surface area contributed by atoms with Crippen LogP contribution >= 0.6 is 0 Å². The molecule has 0 bridgehead atoms. The van der Waals surface area contributed by atoms with Gasteiger partial charge in [0.25, 0.3) is 11.7 Å². The Kier molecular flexibility index (Phi) is 6.49. The maximum Gasteiger partial charge on any atom is 0.298 e. The van der Waals surface area contributed by atoms with E-state index in [0.717, 1.165) is 33.7 Å². The molecule has 5 aromatic rings. The molecule has 6 nitrogen and oxygen atoms in total. The highest BCUT2D eigenvalue weighted by atomic mass is 16.2. The van der Waals surface area contributed by atoms with Gasteiger partial charge < -0.3 is 14.3 Å². The summed E-state index contributed by atoms with van der Waals surface area (Å²) in [5, 5.41) is 2.85. The van der Waals surface area contributed by atoms with E-state index in [-0.39, 0.29) is 0 Å². The minimum atomic E-state index is -0.679. The molecule has 1 N–H and O–H groups in total. The molecule has 0 aliphatic rings. The highest BCUT2D eigenvalue weighted by Crippen LogP contribution is 2.31. The van der Waals surface area contributed by atoms with Gasteiger partial charge in [-0.3, -0.25) is 9.59 Å². The summed E-state index contributed by atoms with van der Waals surface area (Å²) >= 11 is 0. The number of carbonyl (C=O) groups is 2. The SMILES string of the molecule is Cc1nc(C(C)C)cn1C(C)(C)c1cccc(NC(=O)C(=O)c2c(-c3ccccc3)cc3ccccn23)c1. The number of nitrogens with zero attached hydrogens (tertiary/aromatic N) is 3. The predicted molar refractivity (Wildman–Crippen MR) is 152 cm³/mol. The van der Waals surface area contributed by atoms with E-state index in [1.807, 2.05) is 85.9 Å². The van der Waals surface area contributed by atoms with Crippen LogP contribution in [0.5, 0.6) is 0 Å². The number of benzene rings is 2. The number of Topliss-reactive ketones (excluding diaryl/α,β-unsaturated/α-hetero) is 1. The summed E-state index contributed by atoms with van der Waals surface area (Å²) in [7, 11) is 0. The zero-order valence-electron chi connectivity index (χ0n) is 22.4. The zero-order valence-corrected chi connectivity index (χ0v) is 22.4. The van der Waals surface area contributed by atoms with Crippen molar-refractivity contribution in [3.63, 3.8) is 0 Å². The second-order valence-corrected chi connectivity index (χ2v) is 10.4. The molecule has 1 amide bonds. The Morgan fingerprint density at radius 1 is 0.921 bits per heavy atom. The molecule has 5 rings (SSSR count). The Labute approximate surface area is 223 Å². The molecule has 0 radical (unpaired) electrons. The number of aromatic nitrogens is 3. The van der Waals surface area contributed by atoms with Crippen LogP contribution in [0, 0.1) is 6.92 Å². The average molecular weight is 505 g/mol. The van der Waals surface area contributed by atoms with Crippen LogP contribution in [-0.4, -0.2) is 25.6 Å². The second-order valence-electron chi connectivity index (χ2n) is 10.4. The first-order chi connectivity index (χ1) is 18.2. The van der Waals surface area contributed by atoms with Gasteiger partial charge in [0.05, 0.1) is 11.2 Å². The van der Waals surface area contributed by atoms with Gasteiger partial charge in [-0.25, -0.2) is 4.98 Å². The van der Waals surface area contributed by atoms with Crippen LogP contribution in [0.1, 0.15) is 61.2 Å². The molecule has 0 fully saturated rings. The molecule has 38 heavy (non-hydrogen) atoms. The van der Waals surface area contributed by atoms with Crippen molar-refractivity contribution in [2.45, 2.75) is 46.1 Å². The first-order valence-electron chi connectivity index (χ1n) is 12.8. The summed E-state index contributed by atoms with van der Waals surface area (Å²) in [6.45, 7) is 10.5. The molecule has 0 unspecified atom stereocenters. The van der Waals surface area contributed by atoms with Crippen molar-refractivity contribution in [1.82, 2.24) is 14.0 Å². The highest BCUT2D eigenvalue weighted by Gasteiger charge is 2.28. The van der Waals surface area contributed by atoms with E-state index in [1.165, 1.54) is 0 Å². The number of pyridine rings is 1. The lowest BCUT2D eigenvalue weighted by Gasteiger charge is -2.29. The molecular formula is C32H32N4O2. The van der Waals surface area contributed by atoms with E-state index < -0.39 is 17.2 Å². The van der Waals surface area contributed by atoms with Gasteiger partial charge in [-0.1, -0.05) is 62.4 Å². The summed E-state index contributed by atoms with van der Waals surface area (Å²) < 4.78 is 3.94. The van der Waals surface area contributed by atoms with E-state index in [1.54, 1.807) is 10.5 Å². The third-order valence-corrected chi connectivity index (χ3v) is 7.11. The van der Waals surface area contributed by atoms with Crippen LogP contribution in [0.4, 0.5) is 5.69 Å². The smallest absolute Gasteiger partial charge is 0.298 e. The van der Waals surface area contributed by atoms with E-state index in [9.17, 15) is 9.59 Å². The van der Waals surface area contributed by atoms with E-state index in [0.29, 0.717) is 17.3 Å². The average Bonchev–Trinajstić information content (AvgIpc) is 3.50. The van der Waals surface area contributed by atoms with Gasteiger partial charge in [0.1, 0.15) is 11.5 Å². The maximum atomic E-state index is 13.6. The Hall–Kier alpha value is -4.45. The van der Waals surface area contributed by atoms with Crippen molar-refractivity contribution in [1.29, 1.82) is 0 Å². The van der Waals surface area contributed by atoms with Gasteiger partial charge in [0.2, 0.25) is 0 Å². The van der Waals surface area contributed by atoms with Crippen molar-refractivity contribution in [2.24, 2.45) is 0 Å². The number of anilines is 1. The van der Waals surface area contributed by atoms with Gasteiger partial charge >= 0.3 is 0 Å². The molecule has 0 saturated heterocycles. The number of fused-ring (bicyclic) bond motifs is 1. The number of hydrogen-bond donors (Lipinski definition) is 1. The molecule has 3 heterocycles. The normalized spacial score (nSPS) is 11.7. The van der Waals surface area contributed by atoms with Crippen molar-refractivity contribution in [3.8, 4) is 11.1 Å². The fourth-order valence-corrected chi connectivity index (χ4v) is 4.94. The first-order valence-corrected chi connectivity index (χ1v) is 12.8. The molecule has 0 saturated carbocycles. The van der Waals surface area contributed by atoms with Crippen LogP contribution in [0.3, 0.4) is 0 Å². The highest BCUT2D eigenvalue weighted by molar-refractivity contribution is 6.47. The molecule has 0 atom stereocenters. The number of rotatable bonds is 7. The van der Waals surface area contributed by atoms with Gasteiger partial charge in [-0.2, -0.15) is 0 Å². The molecule has 0 aliphatic heterocycles. The third kappa shape index (κ3) is 4.54. The van der Waals surface area contributed by atoms with Crippen molar-refractivity contribution < 1.29 is 9.59 Å². The van der Waals surface area contributed by atoms with Crippen LogP contribution < -0.4 is 5.32 Å². The van der Waals surface area contributed by atoms with Crippen LogP contribution in [0.15, 0.2) is 91.3 Å². The van der Waals surface area contributed by atoms with Crippen LogP contribution in [0.2, 0.25) is 0 Å². The molecule has 192 valence electrons. The number of imidazole rings is 1. The monoisotopic (exact) mass is 504 g/mol. The number of carbonyl (C=O) groups excluding carboxylic acids is 2. The number of ketones is 1. The number of hydrogen-bond acceptors (Lipinski definition) is 3. The second kappa shape index (κ2) is 9.78. The molecule has 2 aromatic carbocycles. The fraction of sp³-hybridized carbons (Fsp3) is 0.219. The third-order valence-electron chi connectivity index (χ3n) is 7.11. The zero-order chi connectivity index (χ0) is 27.0. The Morgan fingerprint density at radius 3 is 2.37 bits per heavy atom. The van der Waals surface area contributed by atoms with E-state index in [2.05, 4.69) is 43.8 Å². The lowest BCUT2D eigenvalue weighted by Crippen LogP contribution is -2.29. The molecular weight excluding hydrogens is 472 g/mol. The molecule has 0 spiro atoms. The summed E-state index contributed by atoms with van der Waals surface area (Å²) in [5.41, 5.74) is 5.00. The molecule has 6 heteroatoms. The summed E-state index contributed by atoms with van der Waals surface area (Å²) in [6.07, 6.45) is 3.90. The van der Waals surface area contributed by atoms with Crippen LogP contribution in [-0.2, 0) is 10.3 Å². The number of aryl methyl sites for hydroxylation is 1. The first kappa shape index (κ1) is 25.2. The Morgan fingerprint density at radius 2 is 1.66 bits per heavy atom. The lowest BCUT2D eigenvalue weighted by molar-refractivity contribution is -0.112. The Bertz CT molecular complexity index is 1640. The van der Waals surface area contributed by atoms with Gasteiger partial charge in [0, 0.05) is 29.2 Å². The van der Waals surface area contributed by atoms with Crippen molar-refractivity contribution in [3.05, 3.63) is 114 Å². The summed E-state index contributed by atoms with van der Waals surface area (Å²) in [5.74, 6) is -0.0150. The lowest BCUT2D eigenvalue weighted by atomic mass is 9.93. The van der Waals surface area contributed by atoms with E-state index in [4.69, 9.17) is 4.98 Å². The summed E-state index contributed by atoms with van der Waals surface area (Å²) in [4.78, 5) is 31.6. The standard InChI is InChI=1S/C32H32N4O2/c1-21(2)28-20-36(22(3)33-28)32(4,5)24-14-11-15-25(18-24)34-31(38)30(37)29-27(23-12-7-6-8-13-23)19-26-16-9-10-17-35(26)29/h6-21H,1-5H3,(H,34,38).